The van der Waals surface area contributed by atoms with E-state index in [0.29, 0.717) is 22.0 Å². The van der Waals surface area contributed by atoms with Gasteiger partial charge in [-0.2, -0.15) is 0 Å². The summed E-state index contributed by atoms with van der Waals surface area (Å²) < 4.78 is 38.0. The molecule has 1 aliphatic rings. The Morgan fingerprint density at radius 3 is 2.31 bits per heavy atom. The first-order chi connectivity index (χ1) is 13.9. The summed E-state index contributed by atoms with van der Waals surface area (Å²) >= 11 is 0. The fourth-order valence-corrected chi connectivity index (χ4v) is 6.32. The highest BCUT2D eigenvalue weighted by atomic mass is 32.2. The fraction of sp³-hybridized carbons (Fsp3) is 0.478. The molecule has 0 spiro atoms. The van der Waals surface area contributed by atoms with Gasteiger partial charge < -0.3 is 9.47 Å². The van der Waals surface area contributed by atoms with Gasteiger partial charge in [0, 0.05) is 11.6 Å². The van der Waals surface area contributed by atoms with Gasteiger partial charge in [-0.1, -0.05) is 57.0 Å². The fourth-order valence-electron chi connectivity index (χ4n) is 4.19. The summed E-state index contributed by atoms with van der Waals surface area (Å²) in [6, 6.07) is 13.2. The molecule has 29 heavy (non-hydrogen) atoms. The molecule has 2 aromatic rings. The highest BCUT2D eigenvalue weighted by Gasteiger charge is 2.42. The smallest absolute Gasteiger partial charge is 0.180 e. The number of benzene rings is 2. The zero-order valence-corrected chi connectivity index (χ0v) is 18.5. The second-order valence-electron chi connectivity index (χ2n) is 7.73. The Hall–Kier alpha value is -2.05. The van der Waals surface area contributed by atoms with E-state index in [4.69, 9.17) is 9.47 Å². The van der Waals surface area contributed by atoms with Crippen molar-refractivity contribution in [2.45, 2.75) is 56.0 Å². The Bertz CT molecular complexity index is 943. The van der Waals surface area contributed by atoms with Gasteiger partial charge in [0.1, 0.15) is 0 Å². The molecule has 0 saturated heterocycles. The van der Waals surface area contributed by atoms with Crippen LogP contribution in [0.1, 0.15) is 56.7 Å². The van der Waals surface area contributed by atoms with E-state index in [9.17, 15) is 8.42 Å². The Balaban J connectivity index is 2.27. The predicted octanol–water partition coefficient (Wildman–Crippen LogP) is 4.51. The van der Waals surface area contributed by atoms with Crippen LogP contribution in [0.3, 0.4) is 0 Å². The number of ether oxygens (including phenoxy) is 2. The number of fused-ring (bicyclic) bond motifs is 1. The topological polar surface area (TPSA) is 64.6 Å². The summed E-state index contributed by atoms with van der Waals surface area (Å²) in [4.78, 5) is 0.323. The normalized spacial score (nSPS) is 23.1. The van der Waals surface area contributed by atoms with Crippen LogP contribution in [-0.2, 0) is 9.84 Å². The number of sulfone groups is 1. The summed E-state index contributed by atoms with van der Waals surface area (Å²) in [5.41, 5.74) is 1.25. The highest BCUT2D eigenvalue weighted by Crippen LogP contribution is 2.42. The van der Waals surface area contributed by atoms with Gasteiger partial charge in [0.25, 0.3) is 0 Å². The van der Waals surface area contributed by atoms with Crippen LogP contribution in [-0.4, -0.2) is 33.9 Å². The van der Waals surface area contributed by atoms with Crippen LogP contribution in [0.2, 0.25) is 0 Å². The summed E-state index contributed by atoms with van der Waals surface area (Å²) in [7, 11) is -0.432. The van der Waals surface area contributed by atoms with Gasteiger partial charge in [-0.25, -0.2) is 8.42 Å². The number of methoxy groups -OCH3 is 2. The molecule has 0 saturated carbocycles. The molecule has 0 radical (unpaired) electrons. The molecule has 2 atom stereocenters. The summed E-state index contributed by atoms with van der Waals surface area (Å²) in [5.74, 6) is 1.03. The van der Waals surface area contributed by atoms with E-state index in [-0.39, 0.29) is 11.8 Å². The van der Waals surface area contributed by atoms with Crippen molar-refractivity contribution in [3.05, 3.63) is 53.6 Å². The third-order valence-electron chi connectivity index (χ3n) is 5.90. The predicted molar refractivity (Wildman–Crippen MR) is 116 cm³/mol. The van der Waals surface area contributed by atoms with Crippen LogP contribution in [0.25, 0.3) is 0 Å². The summed E-state index contributed by atoms with van der Waals surface area (Å²) in [5, 5.41) is 3.76. The maximum atomic E-state index is 13.5. The largest absolute Gasteiger partial charge is 0.493 e. The van der Waals surface area contributed by atoms with Crippen molar-refractivity contribution < 1.29 is 17.9 Å². The maximum Gasteiger partial charge on any atom is 0.180 e. The number of rotatable bonds is 7. The number of hydrogen-bond acceptors (Lipinski definition) is 5. The second-order valence-corrected chi connectivity index (χ2v) is 9.69. The van der Waals surface area contributed by atoms with Crippen molar-refractivity contribution in [2.75, 3.05) is 20.0 Å². The van der Waals surface area contributed by atoms with Crippen molar-refractivity contribution in [2.24, 2.45) is 0 Å². The molecule has 2 aromatic carbocycles. The Morgan fingerprint density at radius 1 is 1.07 bits per heavy atom. The van der Waals surface area contributed by atoms with Gasteiger partial charge in [-0.3, -0.25) is 5.32 Å². The van der Waals surface area contributed by atoms with E-state index < -0.39 is 15.4 Å². The molecule has 1 heterocycles. The lowest BCUT2D eigenvalue weighted by atomic mass is 9.88. The maximum absolute atomic E-state index is 13.5. The Morgan fingerprint density at radius 2 is 1.72 bits per heavy atom. The first kappa shape index (κ1) is 21.7. The number of nitrogens with one attached hydrogen (secondary N) is 1. The van der Waals surface area contributed by atoms with Crippen LogP contribution in [0.15, 0.2) is 47.4 Å². The molecule has 3 rings (SSSR count). The van der Waals surface area contributed by atoms with Crippen LogP contribution in [0.5, 0.6) is 11.5 Å². The molecule has 0 aliphatic carbocycles. The minimum atomic E-state index is -3.53. The van der Waals surface area contributed by atoms with Crippen molar-refractivity contribution in [3.8, 4) is 11.5 Å². The highest BCUT2D eigenvalue weighted by molar-refractivity contribution is 7.91. The van der Waals surface area contributed by atoms with Gasteiger partial charge in [0.15, 0.2) is 21.3 Å². The molecular formula is C23H31NO4S. The van der Waals surface area contributed by atoms with Gasteiger partial charge in [-0.05, 0) is 30.0 Å². The molecule has 0 bridgehead atoms. The second kappa shape index (κ2) is 8.76. The molecular weight excluding hydrogens is 386 g/mol. The quantitative estimate of drug-likeness (QED) is 0.718. The molecule has 0 amide bonds. The first-order valence-electron chi connectivity index (χ1n) is 10.2. The van der Waals surface area contributed by atoms with Crippen LogP contribution < -0.4 is 14.8 Å². The summed E-state index contributed by atoms with van der Waals surface area (Å²) in [6.07, 6.45) is 3.54. The van der Waals surface area contributed by atoms with E-state index in [1.807, 2.05) is 36.4 Å². The van der Waals surface area contributed by atoms with Gasteiger partial charge in [0.2, 0.25) is 0 Å². The molecule has 158 valence electrons. The lowest BCUT2D eigenvalue weighted by molar-refractivity contribution is 0.294. The molecule has 5 nitrogen and oxygen atoms in total. The van der Waals surface area contributed by atoms with Crippen molar-refractivity contribution >= 4 is 9.84 Å². The average molecular weight is 418 g/mol. The minimum Gasteiger partial charge on any atom is -0.493 e. The molecule has 1 aliphatic heterocycles. The Kier molecular flexibility index (Phi) is 6.54. The Labute approximate surface area is 174 Å². The minimum absolute atomic E-state index is 0.0717. The summed E-state index contributed by atoms with van der Waals surface area (Å²) in [6.45, 7) is 4.20. The monoisotopic (exact) mass is 417 g/mol. The van der Waals surface area contributed by atoms with Crippen LogP contribution >= 0.6 is 0 Å². The van der Waals surface area contributed by atoms with Crippen molar-refractivity contribution in [1.29, 1.82) is 0 Å². The van der Waals surface area contributed by atoms with E-state index in [1.54, 1.807) is 13.2 Å². The third-order valence-corrected chi connectivity index (χ3v) is 7.85. The van der Waals surface area contributed by atoms with Crippen LogP contribution in [0.4, 0.5) is 0 Å². The number of hydrogen-bond donors (Lipinski definition) is 1. The molecule has 6 heteroatoms. The molecule has 1 N–H and O–H groups in total. The van der Waals surface area contributed by atoms with Crippen molar-refractivity contribution in [3.63, 3.8) is 0 Å². The van der Waals surface area contributed by atoms with Crippen LogP contribution in [0, 0.1) is 0 Å². The molecule has 0 aromatic heterocycles. The average Bonchev–Trinajstić information content (AvgIpc) is 2.84. The zero-order chi connectivity index (χ0) is 21.1. The van der Waals surface area contributed by atoms with E-state index >= 15 is 0 Å². The van der Waals surface area contributed by atoms with Crippen molar-refractivity contribution in [1.82, 2.24) is 5.32 Å². The lowest BCUT2D eigenvalue weighted by Gasteiger charge is -2.36. The third kappa shape index (κ3) is 4.28. The van der Waals surface area contributed by atoms with E-state index in [2.05, 4.69) is 19.2 Å². The zero-order valence-electron chi connectivity index (χ0n) is 17.7. The SMILES string of the molecule is CCCC[C@]1(CC)CS(=O)(=O)c2cc(OC)c(OC)cc2C(c2ccccc2)N1. The lowest BCUT2D eigenvalue weighted by Crippen LogP contribution is -2.50. The van der Waals surface area contributed by atoms with E-state index in [0.717, 1.165) is 31.2 Å². The first-order valence-corrected chi connectivity index (χ1v) is 11.9. The number of unbranched alkanes of at least 4 members (excludes halogenated alkanes) is 1. The molecule has 1 unspecified atom stereocenters. The van der Waals surface area contributed by atoms with Gasteiger partial charge >= 0.3 is 0 Å². The van der Waals surface area contributed by atoms with Gasteiger partial charge in [-0.15, -0.1) is 0 Å². The molecule has 0 fully saturated rings. The standard InChI is InChI=1S/C23H31NO4S/c1-5-7-13-23(6-2)16-29(25,26)21-15-20(28-4)19(27-3)14-18(21)22(24-23)17-11-9-8-10-12-17/h8-12,14-15,22,24H,5-7,13,16H2,1-4H3/t22?,23-/m1/s1. The van der Waals surface area contributed by atoms with E-state index in [1.165, 1.54) is 7.11 Å². The van der Waals surface area contributed by atoms with Gasteiger partial charge in [0.05, 0.1) is 30.9 Å².